The molecule has 0 saturated heterocycles. The minimum absolute atomic E-state index is 0.338. The van der Waals surface area contributed by atoms with Crippen molar-refractivity contribution in [2.45, 2.75) is 12.6 Å². The van der Waals surface area contributed by atoms with Crippen molar-refractivity contribution >= 4 is 27.6 Å². The van der Waals surface area contributed by atoms with Gasteiger partial charge in [-0.15, -0.1) is 0 Å². The number of halogens is 1. The fourth-order valence-corrected chi connectivity index (χ4v) is 4.89. The Morgan fingerprint density at radius 1 is 0.854 bits per heavy atom. The van der Waals surface area contributed by atoms with Crippen molar-refractivity contribution in [3.05, 3.63) is 109 Å². The van der Waals surface area contributed by atoms with Crippen LogP contribution in [0.5, 0.6) is 0 Å². The third-order valence-corrected chi connectivity index (χ3v) is 6.81. The maximum absolute atomic E-state index is 13.9. The predicted octanol–water partition coefficient (Wildman–Crippen LogP) is 5.74. The van der Waals surface area contributed by atoms with E-state index in [1.165, 1.54) is 12.1 Å². The second-order valence-corrected chi connectivity index (χ2v) is 9.65. The Kier molecular flexibility index (Phi) is 6.14. The fraction of sp³-hybridized carbons (Fsp3) is 0.0645. The van der Waals surface area contributed by atoms with Crippen LogP contribution in [-0.2, 0) is 6.42 Å². The number of H-pyrrole nitrogens is 2. The number of pyridine rings is 3. The van der Waals surface area contributed by atoms with Gasteiger partial charge in [0.05, 0.1) is 40.5 Å². The number of aliphatic hydroxyl groups excluding tert-OH is 1. The lowest BCUT2D eigenvalue weighted by molar-refractivity contribution is 0.204. The SMILES string of the molecule is OC(Cc1ccccc1)Nc1cncc(-c2cc3c(-c4nc5c(-c6cccc(F)c6)nccc5[nH]4)n[nH]c3cn2)c1. The molecule has 0 bridgehead atoms. The molecule has 7 aromatic rings. The van der Waals surface area contributed by atoms with Crippen molar-refractivity contribution in [2.24, 2.45) is 0 Å². The van der Waals surface area contributed by atoms with Gasteiger partial charge >= 0.3 is 0 Å². The number of nitrogens with zero attached hydrogens (tertiary/aromatic N) is 5. The molecule has 0 amide bonds. The Labute approximate surface area is 233 Å². The Bertz CT molecular complexity index is 2000. The summed E-state index contributed by atoms with van der Waals surface area (Å²) >= 11 is 0. The van der Waals surface area contributed by atoms with E-state index < -0.39 is 6.23 Å². The van der Waals surface area contributed by atoms with Crippen LogP contribution >= 0.6 is 0 Å². The van der Waals surface area contributed by atoms with Crippen molar-refractivity contribution in [2.75, 3.05) is 5.32 Å². The third kappa shape index (κ3) is 4.88. The molecule has 7 rings (SSSR count). The zero-order chi connectivity index (χ0) is 27.8. The molecule has 10 heteroatoms. The van der Waals surface area contributed by atoms with E-state index in [1.54, 1.807) is 36.9 Å². The summed E-state index contributed by atoms with van der Waals surface area (Å²) in [6, 6.07) is 21.7. The molecule has 1 unspecified atom stereocenters. The van der Waals surface area contributed by atoms with Gasteiger partial charge in [-0.25, -0.2) is 9.37 Å². The van der Waals surface area contributed by atoms with Crippen LogP contribution in [0.15, 0.2) is 97.6 Å². The number of aromatic amines is 2. The molecule has 200 valence electrons. The number of fused-ring (bicyclic) bond motifs is 2. The first-order chi connectivity index (χ1) is 20.1. The van der Waals surface area contributed by atoms with Gasteiger partial charge in [0.2, 0.25) is 0 Å². The molecule has 4 N–H and O–H groups in total. The van der Waals surface area contributed by atoms with E-state index in [4.69, 9.17) is 4.98 Å². The van der Waals surface area contributed by atoms with Crippen LogP contribution in [0.4, 0.5) is 10.1 Å². The van der Waals surface area contributed by atoms with E-state index in [0.29, 0.717) is 46.1 Å². The van der Waals surface area contributed by atoms with Gasteiger partial charge in [0.1, 0.15) is 23.3 Å². The standard InChI is InChI=1S/C31H23FN8O/c32-21-8-4-7-19(12-21)28-30-24(9-10-34-28)37-31(38-30)29-23-14-25(35-17-26(23)39-40-29)20-13-22(16-33-15-20)36-27(41)11-18-5-2-1-3-6-18/h1-10,12-17,27,36,41H,11H2,(H,37,38)(H,39,40). The second-order valence-electron chi connectivity index (χ2n) is 9.65. The van der Waals surface area contributed by atoms with E-state index >= 15 is 0 Å². The van der Waals surface area contributed by atoms with Gasteiger partial charge in [0.15, 0.2) is 5.82 Å². The zero-order valence-corrected chi connectivity index (χ0v) is 21.6. The Morgan fingerprint density at radius 2 is 1.76 bits per heavy atom. The molecule has 0 radical (unpaired) electrons. The van der Waals surface area contributed by atoms with E-state index in [0.717, 1.165) is 27.5 Å². The van der Waals surface area contributed by atoms with Gasteiger partial charge in [0, 0.05) is 35.3 Å². The minimum Gasteiger partial charge on any atom is -0.373 e. The van der Waals surface area contributed by atoms with Gasteiger partial charge < -0.3 is 15.4 Å². The molecule has 0 aliphatic carbocycles. The number of hydrogen-bond donors (Lipinski definition) is 4. The van der Waals surface area contributed by atoms with Crippen molar-refractivity contribution < 1.29 is 9.50 Å². The van der Waals surface area contributed by atoms with Crippen LogP contribution in [0, 0.1) is 5.82 Å². The smallest absolute Gasteiger partial charge is 0.159 e. The van der Waals surface area contributed by atoms with Gasteiger partial charge in [-0.1, -0.05) is 42.5 Å². The van der Waals surface area contributed by atoms with E-state index in [9.17, 15) is 9.50 Å². The number of nitrogens with one attached hydrogen (secondary N) is 3. The normalized spacial score (nSPS) is 12.1. The summed E-state index contributed by atoms with van der Waals surface area (Å²) in [7, 11) is 0. The molecule has 0 saturated carbocycles. The predicted molar refractivity (Wildman–Crippen MR) is 155 cm³/mol. The molecule has 1 atom stereocenters. The largest absolute Gasteiger partial charge is 0.373 e. The zero-order valence-electron chi connectivity index (χ0n) is 21.6. The number of hydrogen-bond acceptors (Lipinski definition) is 7. The summed E-state index contributed by atoms with van der Waals surface area (Å²) in [5.41, 5.74) is 7.13. The maximum Gasteiger partial charge on any atom is 0.159 e. The minimum atomic E-state index is -0.773. The molecule has 5 heterocycles. The molecule has 41 heavy (non-hydrogen) atoms. The molecular weight excluding hydrogens is 519 g/mol. The number of anilines is 1. The molecule has 0 fully saturated rings. The van der Waals surface area contributed by atoms with Crippen LogP contribution in [0.2, 0.25) is 0 Å². The van der Waals surface area contributed by atoms with Crippen LogP contribution in [0.3, 0.4) is 0 Å². The molecule has 0 aliphatic rings. The average Bonchev–Trinajstić information content (AvgIpc) is 3.61. The van der Waals surface area contributed by atoms with Crippen molar-refractivity contribution in [1.82, 2.24) is 35.1 Å². The molecule has 9 nitrogen and oxygen atoms in total. The van der Waals surface area contributed by atoms with E-state index in [-0.39, 0.29) is 5.82 Å². The molecule has 0 spiro atoms. The topological polar surface area (TPSA) is 128 Å². The third-order valence-electron chi connectivity index (χ3n) is 6.81. The van der Waals surface area contributed by atoms with Crippen molar-refractivity contribution in [1.29, 1.82) is 0 Å². The Hall–Kier alpha value is -5.48. The van der Waals surface area contributed by atoms with Crippen molar-refractivity contribution in [3.63, 3.8) is 0 Å². The Morgan fingerprint density at radius 3 is 2.63 bits per heavy atom. The monoisotopic (exact) mass is 542 g/mol. The summed E-state index contributed by atoms with van der Waals surface area (Å²) in [6.07, 6.45) is 6.46. The highest BCUT2D eigenvalue weighted by molar-refractivity contribution is 5.96. The Balaban J connectivity index is 1.21. The van der Waals surface area contributed by atoms with Crippen LogP contribution in [0.1, 0.15) is 5.56 Å². The number of rotatable bonds is 7. The van der Waals surface area contributed by atoms with Gasteiger partial charge in [-0.05, 0) is 35.9 Å². The lowest BCUT2D eigenvalue weighted by Gasteiger charge is -2.14. The average molecular weight is 543 g/mol. The van der Waals surface area contributed by atoms with Gasteiger partial charge in [-0.2, -0.15) is 5.10 Å². The van der Waals surface area contributed by atoms with Crippen LogP contribution in [-0.4, -0.2) is 46.5 Å². The van der Waals surface area contributed by atoms with E-state index in [1.807, 2.05) is 48.5 Å². The highest BCUT2D eigenvalue weighted by Gasteiger charge is 2.17. The summed E-state index contributed by atoms with van der Waals surface area (Å²) in [5.74, 6) is 0.210. The summed E-state index contributed by atoms with van der Waals surface area (Å²) in [4.78, 5) is 21.5. The first-order valence-corrected chi connectivity index (χ1v) is 13.0. The fourth-order valence-electron chi connectivity index (χ4n) is 4.89. The highest BCUT2D eigenvalue weighted by Crippen LogP contribution is 2.32. The van der Waals surface area contributed by atoms with Gasteiger partial charge in [-0.3, -0.25) is 20.1 Å². The number of imidazole rings is 1. The number of benzene rings is 2. The van der Waals surface area contributed by atoms with Crippen LogP contribution in [0.25, 0.3) is 56.0 Å². The molecular formula is C31H23FN8O. The van der Waals surface area contributed by atoms with Crippen molar-refractivity contribution in [3.8, 4) is 34.0 Å². The molecule has 2 aromatic carbocycles. The second kappa shape index (κ2) is 10.2. The van der Waals surface area contributed by atoms with Crippen LogP contribution < -0.4 is 5.32 Å². The first-order valence-electron chi connectivity index (χ1n) is 13.0. The summed E-state index contributed by atoms with van der Waals surface area (Å²) < 4.78 is 13.9. The quantitative estimate of drug-likeness (QED) is 0.189. The number of aromatic nitrogens is 7. The van der Waals surface area contributed by atoms with E-state index in [2.05, 4.69) is 35.5 Å². The van der Waals surface area contributed by atoms with Gasteiger partial charge in [0.25, 0.3) is 0 Å². The summed E-state index contributed by atoms with van der Waals surface area (Å²) in [6.45, 7) is 0. The lowest BCUT2D eigenvalue weighted by Crippen LogP contribution is -2.21. The first kappa shape index (κ1) is 24.6. The summed E-state index contributed by atoms with van der Waals surface area (Å²) in [5, 5.41) is 22.0. The lowest BCUT2D eigenvalue weighted by atomic mass is 10.1. The number of aliphatic hydroxyl groups is 1. The highest BCUT2D eigenvalue weighted by atomic mass is 19.1. The molecule has 5 aromatic heterocycles. The maximum atomic E-state index is 13.9. The molecule has 0 aliphatic heterocycles.